The molecule has 17 heavy (non-hydrogen) atoms. The van der Waals surface area contributed by atoms with Crippen molar-refractivity contribution in [1.82, 2.24) is 0 Å². The third-order valence-corrected chi connectivity index (χ3v) is 2.65. The molecule has 0 N–H and O–H groups in total. The molecule has 1 aromatic rings. The highest BCUT2D eigenvalue weighted by atomic mass is 16.5. The lowest BCUT2D eigenvalue weighted by atomic mass is 10.0. The van der Waals surface area contributed by atoms with E-state index in [2.05, 4.69) is 18.6 Å². The second-order valence-corrected chi connectivity index (χ2v) is 4.46. The van der Waals surface area contributed by atoms with Gasteiger partial charge in [0, 0.05) is 0 Å². The molecule has 94 valence electrons. The van der Waals surface area contributed by atoms with Gasteiger partial charge in [-0.2, -0.15) is 0 Å². The fourth-order valence-corrected chi connectivity index (χ4v) is 1.44. The standard InChI is InChI=1S/C14H20O3/c1-10(2)12-5-7-13(8-6-12)17-9-11(3)14(15)16-4/h5-8,10-11H,9H2,1-4H3. The van der Waals surface area contributed by atoms with E-state index in [4.69, 9.17) is 4.74 Å². The second kappa shape index (κ2) is 6.28. The van der Waals surface area contributed by atoms with Crippen molar-refractivity contribution < 1.29 is 14.3 Å². The molecule has 1 aromatic carbocycles. The molecule has 0 saturated heterocycles. The number of benzene rings is 1. The summed E-state index contributed by atoms with van der Waals surface area (Å²) in [6.07, 6.45) is 0. The minimum Gasteiger partial charge on any atom is -0.493 e. The van der Waals surface area contributed by atoms with Crippen molar-refractivity contribution >= 4 is 5.97 Å². The molecule has 3 heteroatoms. The first-order chi connectivity index (χ1) is 8.04. The maximum atomic E-state index is 11.2. The zero-order chi connectivity index (χ0) is 12.8. The number of rotatable bonds is 5. The van der Waals surface area contributed by atoms with Crippen molar-refractivity contribution in [2.24, 2.45) is 5.92 Å². The molecule has 0 amide bonds. The molecule has 1 atom stereocenters. The van der Waals surface area contributed by atoms with Gasteiger partial charge in [-0.1, -0.05) is 26.0 Å². The number of hydrogen-bond donors (Lipinski definition) is 0. The molecule has 0 radical (unpaired) electrons. The summed E-state index contributed by atoms with van der Waals surface area (Å²) in [5.41, 5.74) is 1.28. The summed E-state index contributed by atoms with van der Waals surface area (Å²) >= 11 is 0. The average Bonchev–Trinajstić information content (AvgIpc) is 2.35. The number of carbonyl (C=O) groups excluding carboxylic acids is 1. The molecule has 0 heterocycles. The predicted octanol–water partition coefficient (Wildman–Crippen LogP) is 3.00. The van der Waals surface area contributed by atoms with Crippen molar-refractivity contribution in [2.75, 3.05) is 13.7 Å². The Morgan fingerprint density at radius 1 is 1.18 bits per heavy atom. The lowest BCUT2D eigenvalue weighted by Gasteiger charge is -2.12. The van der Waals surface area contributed by atoms with E-state index in [0.29, 0.717) is 12.5 Å². The fourth-order valence-electron chi connectivity index (χ4n) is 1.44. The largest absolute Gasteiger partial charge is 0.493 e. The summed E-state index contributed by atoms with van der Waals surface area (Å²) in [5, 5.41) is 0. The molecule has 0 aliphatic heterocycles. The molecular formula is C14H20O3. The highest BCUT2D eigenvalue weighted by Crippen LogP contribution is 2.19. The van der Waals surface area contributed by atoms with Gasteiger partial charge in [0.1, 0.15) is 12.4 Å². The molecule has 0 saturated carbocycles. The van der Waals surface area contributed by atoms with Gasteiger partial charge in [-0.25, -0.2) is 0 Å². The Morgan fingerprint density at radius 3 is 2.24 bits per heavy atom. The highest BCUT2D eigenvalue weighted by Gasteiger charge is 2.13. The van der Waals surface area contributed by atoms with E-state index in [1.165, 1.54) is 12.7 Å². The van der Waals surface area contributed by atoms with Crippen LogP contribution in [0.3, 0.4) is 0 Å². The summed E-state index contributed by atoms with van der Waals surface area (Å²) < 4.78 is 10.2. The predicted molar refractivity (Wildman–Crippen MR) is 67.2 cm³/mol. The second-order valence-electron chi connectivity index (χ2n) is 4.46. The van der Waals surface area contributed by atoms with Crippen LogP contribution in [0.1, 0.15) is 32.3 Å². The molecule has 1 unspecified atom stereocenters. The van der Waals surface area contributed by atoms with Crippen LogP contribution in [0.25, 0.3) is 0 Å². The molecule has 0 spiro atoms. The maximum absolute atomic E-state index is 11.2. The van der Waals surface area contributed by atoms with E-state index < -0.39 is 0 Å². The normalized spacial score (nSPS) is 12.3. The van der Waals surface area contributed by atoms with Crippen molar-refractivity contribution in [3.8, 4) is 5.75 Å². The lowest BCUT2D eigenvalue weighted by molar-refractivity contribution is -0.145. The van der Waals surface area contributed by atoms with Crippen molar-refractivity contribution in [1.29, 1.82) is 0 Å². The van der Waals surface area contributed by atoms with Gasteiger partial charge in [-0.3, -0.25) is 4.79 Å². The van der Waals surface area contributed by atoms with Crippen LogP contribution in [-0.2, 0) is 9.53 Å². The fraction of sp³-hybridized carbons (Fsp3) is 0.500. The Hall–Kier alpha value is -1.51. The quantitative estimate of drug-likeness (QED) is 0.737. The van der Waals surface area contributed by atoms with Crippen LogP contribution in [0.15, 0.2) is 24.3 Å². The molecule has 0 aliphatic rings. The lowest BCUT2D eigenvalue weighted by Crippen LogP contribution is -2.19. The SMILES string of the molecule is COC(=O)C(C)COc1ccc(C(C)C)cc1. The molecule has 0 bridgehead atoms. The van der Waals surface area contributed by atoms with E-state index in [1.54, 1.807) is 6.92 Å². The number of methoxy groups -OCH3 is 1. The van der Waals surface area contributed by atoms with Gasteiger partial charge in [0.25, 0.3) is 0 Å². The first kappa shape index (κ1) is 13.6. The maximum Gasteiger partial charge on any atom is 0.311 e. The summed E-state index contributed by atoms with van der Waals surface area (Å²) in [4.78, 5) is 11.2. The zero-order valence-corrected chi connectivity index (χ0v) is 10.9. The minimum absolute atomic E-state index is 0.246. The molecule has 0 aromatic heterocycles. The Kier molecular flexibility index (Phi) is 5.01. The summed E-state index contributed by atoms with van der Waals surface area (Å²) in [5.74, 6) is 0.803. The van der Waals surface area contributed by atoms with Crippen LogP contribution in [0.4, 0.5) is 0 Å². The Labute approximate surface area is 103 Å². The van der Waals surface area contributed by atoms with Gasteiger partial charge in [0.15, 0.2) is 0 Å². The first-order valence-electron chi connectivity index (χ1n) is 5.85. The third-order valence-electron chi connectivity index (χ3n) is 2.65. The van der Waals surface area contributed by atoms with Gasteiger partial charge in [0.2, 0.25) is 0 Å². The summed E-state index contributed by atoms with van der Waals surface area (Å²) in [6, 6.07) is 7.95. The van der Waals surface area contributed by atoms with Gasteiger partial charge in [-0.05, 0) is 30.5 Å². The molecule has 1 rings (SSSR count). The van der Waals surface area contributed by atoms with Crippen LogP contribution in [0.2, 0.25) is 0 Å². The number of carbonyl (C=O) groups is 1. The monoisotopic (exact) mass is 236 g/mol. The average molecular weight is 236 g/mol. The van der Waals surface area contributed by atoms with Crippen molar-refractivity contribution in [3.63, 3.8) is 0 Å². The Bertz CT molecular complexity index is 354. The van der Waals surface area contributed by atoms with Crippen LogP contribution in [0, 0.1) is 5.92 Å². The molecule has 3 nitrogen and oxygen atoms in total. The first-order valence-corrected chi connectivity index (χ1v) is 5.85. The number of ether oxygens (including phenoxy) is 2. The van der Waals surface area contributed by atoms with Crippen LogP contribution in [-0.4, -0.2) is 19.7 Å². The third kappa shape index (κ3) is 4.10. The van der Waals surface area contributed by atoms with Crippen LogP contribution < -0.4 is 4.74 Å². The van der Waals surface area contributed by atoms with E-state index in [1.807, 2.05) is 24.3 Å². The number of hydrogen-bond acceptors (Lipinski definition) is 3. The van der Waals surface area contributed by atoms with Gasteiger partial charge < -0.3 is 9.47 Å². The molecule has 0 fully saturated rings. The zero-order valence-electron chi connectivity index (χ0n) is 10.9. The van der Waals surface area contributed by atoms with E-state index in [9.17, 15) is 4.79 Å². The smallest absolute Gasteiger partial charge is 0.311 e. The van der Waals surface area contributed by atoms with Crippen LogP contribution >= 0.6 is 0 Å². The van der Waals surface area contributed by atoms with Crippen molar-refractivity contribution in [3.05, 3.63) is 29.8 Å². The van der Waals surface area contributed by atoms with Gasteiger partial charge in [-0.15, -0.1) is 0 Å². The molecule has 0 aliphatic carbocycles. The topological polar surface area (TPSA) is 35.5 Å². The summed E-state index contributed by atoms with van der Waals surface area (Å²) in [7, 11) is 1.39. The van der Waals surface area contributed by atoms with E-state index in [-0.39, 0.29) is 11.9 Å². The Balaban J connectivity index is 2.50. The van der Waals surface area contributed by atoms with Crippen molar-refractivity contribution in [2.45, 2.75) is 26.7 Å². The number of esters is 1. The van der Waals surface area contributed by atoms with Gasteiger partial charge in [0.05, 0.1) is 13.0 Å². The highest BCUT2D eigenvalue weighted by molar-refractivity contribution is 5.71. The van der Waals surface area contributed by atoms with E-state index >= 15 is 0 Å². The van der Waals surface area contributed by atoms with Gasteiger partial charge >= 0.3 is 5.97 Å². The summed E-state index contributed by atoms with van der Waals surface area (Å²) in [6.45, 7) is 6.42. The van der Waals surface area contributed by atoms with Crippen LogP contribution in [0.5, 0.6) is 5.75 Å². The Morgan fingerprint density at radius 2 is 1.76 bits per heavy atom. The van der Waals surface area contributed by atoms with E-state index in [0.717, 1.165) is 5.75 Å². The molecular weight excluding hydrogens is 216 g/mol. The minimum atomic E-state index is -0.246.